The van der Waals surface area contributed by atoms with Crippen LogP contribution in [-0.4, -0.2) is 18.6 Å². The molecular weight excluding hydrogens is 222 g/mol. The third kappa shape index (κ3) is 3.02. The zero-order valence-corrected chi connectivity index (χ0v) is 11.7. The third-order valence-corrected chi connectivity index (χ3v) is 4.09. The third-order valence-electron chi connectivity index (χ3n) is 4.09. The van der Waals surface area contributed by atoms with Gasteiger partial charge in [-0.05, 0) is 37.3 Å². The Bertz CT molecular complexity index is 383. The molecule has 0 amide bonds. The number of nitrogens with two attached hydrogens (primary N) is 1. The maximum absolute atomic E-state index is 5.86. The highest BCUT2D eigenvalue weighted by Crippen LogP contribution is 2.27. The molecule has 0 atom stereocenters. The fraction of sp³-hybridized carbons (Fsp3) is 0.667. The summed E-state index contributed by atoms with van der Waals surface area (Å²) in [7, 11) is 2.15. The summed E-state index contributed by atoms with van der Waals surface area (Å²) in [6, 6.07) is 2.04. The molecule has 0 aliphatic heterocycles. The van der Waals surface area contributed by atoms with E-state index in [9.17, 15) is 0 Å². The van der Waals surface area contributed by atoms with Crippen LogP contribution in [0.25, 0.3) is 0 Å². The second-order valence-corrected chi connectivity index (χ2v) is 5.52. The van der Waals surface area contributed by atoms with Gasteiger partial charge in [0.1, 0.15) is 5.82 Å². The molecular formula is C15H25N3. The van der Waals surface area contributed by atoms with Gasteiger partial charge < -0.3 is 10.6 Å². The monoisotopic (exact) mass is 247 g/mol. The van der Waals surface area contributed by atoms with Crippen molar-refractivity contribution in [3.05, 3.63) is 23.4 Å². The number of anilines is 1. The average Bonchev–Trinajstić information content (AvgIpc) is 2.39. The Hall–Kier alpha value is -1.09. The second-order valence-electron chi connectivity index (χ2n) is 5.52. The van der Waals surface area contributed by atoms with Crippen molar-refractivity contribution in [2.24, 2.45) is 11.7 Å². The molecule has 2 N–H and O–H groups in total. The summed E-state index contributed by atoms with van der Waals surface area (Å²) in [6.45, 7) is 3.80. The molecule has 0 aromatic carbocycles. The first-order valence-electron chi connectivity index (χ1n) is 7.08. The van der Waals surface area contributed by atoms with Crippen LogP contribution in [0.5, 0.6) is 0 Å². The lowest BCUT2D eigenvalue weighted by atomic mass is 9.89. The van der Waals surface area contributed by atoms with Crippen molar-refractivity contribution >= 4 is 5.82 Å². The van der Waals surface area contributed by atoms with E-state index in [4.69, 9.17) is 5.73 Å². The number of nitrogens with zero attached hydrogens (tertiary/aromatic N) is 2. The van der Waals surface area contributed by atoms with E-state index in [1.807, 2.05) is 12.3 Å². The van der Waals surface area contributed by atoms with Gasteiger partial charge in [0.15, 0.2) is 0 Å². The Kier molecular flexibility index (Phi) is 4.59. The Morgan fingerprint density at radius 2 is 2.06 bits per heavy atom. The molecule has 0 unspecified atom stereocenters. The zero-order valence-electron chi connectivity index (χ0n) is 11.7. The number of pyridine rings is 1. The Morgan fingerprint density at radius 3 is 2.72 bits per heavy atom. The molecule has 18 heavy (non-hydrogen) atoms. The van der Waals surface area contributed by atoms with Crippen molar-refractivity contribution in [3.63, 3.8) is 0 Å². The summed E-state index contributed by atoms with van der Waals surface area (Å²) in [5.41, 5.74) is 8.29. The van der Waals surface area contributed by atoms with Gasteiger partial charge in [0.25, 0.3) is 0 Å². The highest BCUT2D eigenvalue weighted by atomic mass is 15.2. The molecule has 1 saturated carbocycles. The lowest BCUT2D eigenvalue weighted by molar-refractivity contribution is 0.361. The molecule has 0 bridgehead atoms. The Labute approximate surface area is 110 Å². The van der Waals surface area contributed by atoms with Gasteiger partial charge in [0.2, 0.25) is 0 Å². The van der Waals surface area contributed by atoms with Gasteiger partial charge in [-0.15, -0.1) is 0 Å². The van der Waals surface area contributed by atoms with Gasteiger partial charge in [0, 0.05) is 31.9 Å². The molecule has 2 rings (SSSR count). The van der Waals surface area contributed by atoms with Crippen LogP contribution < -0.4 is 10.6 Å². The summed E-state index contributed by atoms with van der Waals surface area (Å²) in [6.07, 6.45) is 8.83. The van der Waals surface area contributed by atoms with E-state index in [1.165, 1.54) is 43.2 Å². The topological polar surface area (TPSA) is 42.2 Å². The first-order valence-corrected chi connectivity index (χ1v) is 7.08. The van der Waals surface area contributed by atoms with Gasteiger partial charge in [0.05, 0.1) is 0 Å². The minimum Gasteiger partial charge on any atom is -0.359 e. The lowest BCUT2D eigenvalue weighted by Gasteiger charge is -2.29. The minimum absolute atomic E-state index is 0.573. The Balaban J connectivity index is 2.07. The molecule has 100 valence electrons. The number of aromatic nitrogens is 1. The molecule has 1 aliphatic carbocycles. The summed E-state index contributed by atoms with van der Waals surface area (Å²) in [5.74, 6) is 1.90. The van der Waals surface area contributed by atoms with Crippen LogP contribution >= 0.6 is 0 Å². The average molecular weight is 247 g/mol. The molecule has 1 heterocycles. The molecule has 0 radical (unpaired) electrons. The first kappa shape index (κ1) is 13.3. The maximum atomic E-state index is 5.86. The number of hydrogen-bond donors (Lipinski definition) is 1. The van der Waals surface area contributed by atoms with E-state index in [-0.39, 0.29) is 0 Å². The van der Waals surface area contributed by atoms with Gasteiger partial charge in [-0.2, -0.15) is 0 Å². The highest BCUT2D eigenvalue weighted by molar-refractivity contribution is 5.49. The normalized spacial score (nSPS) is 16.8. The molecule has 1 aliphatic rings. The number of aryl methyl sites for hydroxylation is 1. The van der Waals surface area contributed by atoms with Crippen LogP contribution in [0.1, 0.15) is 43.2 Å². The van der Waals surface area contributed by atoms with Crippen molar-refractivity contribution in [1.29, 1.82) is 0 Å². The summed E-state index contributed by atoms with van der Waals surface area (Å²) in [4.78, 5) is 6.82. The fourth-order valence-corrected chi connectivity index (χ4v) is 3.00. The molecule has 3 heteroatoms. The second kappa shape index (κ2) is 6.19. The summed E-state index contributed by atoms with van der Waals surface area (Å²) in [5, 5.41) is 0. The summed E-state index contributed by atoms with van der Waals surface area (Å²) < 4.78 is 0. The van der Waals surface area contributed by atoms with Gasteiger partial charge in [-0.25, -0.2) is 4.98 Å². The molecule has 1 fully saturated rings. The van der Waals surface area contributed by atoms with E-state index < -0.39 is 0 Å². The smallest absolute Gasteiger partial charge is 0.133 e. The van der Waals surface area contributed by atoms with Crippen molar-refractivity contribution < 1.29 is 0 Å². The highest BCUT2D eigenvalue weighted by Gasteiger charge is 2.17. The quantitative estimate of drug-likeness (QED) is 0.889. The predicted octanol–water partition coefficient (Wildman–Crippen LogP) is 2.87. The fourth-order valence-electron chi connectivity index (χ4n) is 3.00. The summed E-state index contributed by atoms with van der Waals surface area (Å²) >= 11 is 0. The molecule has 3 nitrogen and oxygen atoms in total. The number of hydrogen-bond acceptors (Lipinski definition) is 3. The lowest BCUT2D eigenvalue weighted by Crippen LogP contribution is -2.29. The van der Waals surface area contributed by atoms with Crippen LogP contribution in [0, 0.1) is 12.8 Å². The maximum Gasteiger partial charge on any atom is 0.133 e. The molecule has 0 spiro atoms. The van der Waals surface area contributed by atoms with Crippen molar-refractivity contribution in [2.45, 2.75) is 45.6 Å². The standard InChI is InChI=1S/C15H25N3/c1-12-8-9-17-15(14(12)10-16)18(2)11-13-6-4-3-5-7-13/h8-9,13H,3-7,10-11,16H2,1-2H3. The number of rotatable bonds is 4. The minimum atomic E-state index is 0.573. The SMILES string of the molecule is Cc1ccnc(N(C)CC2CCCCC2)c1CN. The van der Waals surface area contributed by atoms with E-state index in [1.54, 1.807) is 0 Å². The van der Waals surface area contributed by atoms with Gasteiger partial charge in [-0.3, -0.25) is 0 Å². The largest absolute Gasteiger partial charge is 0.359 e. The van der Waals surface area contributed by atoms with Crippen LogP contribution in [0.15, 0.2) is 12.3 Å². The Morgan fingerprint density at radius 1 is 1.33 bits per heavy atom. The van der Waals surface area contributed by atoms with Crippen molar-refractivity contribution in [2.75, 3.05) is 18.5 Å². The van der Waals surface area contributed by atoms with Crippen molar-refractivity contribution in [1.82, 2.24) is 4.98 Å². The van der Waals surface area contributed by atoms with Crippen LogP contribution in [0.2, 0.25) is 0 Å². The first-order chi connectivity index (χ1) is 8.72. The van der Waals surface area contributed by atoms with E-state index in [0.717, 1.165) is 18.3 Å². The zero-order chi connectivity index (χ0) is 13.0. The van der Waals surface area contributed by atoms with E-state index >= 15 is 0 Å². The van der Waals surface area contributed by atoms with Crippen molar-refractivity contribution in [3.8, 4) is 0 Å². The molecule has 1 aromatic heterocycles. The van der Waals surface area contributed by atoms with E-state index in [0.29, 0.717) is 6.54 Å². The molecule has 1 aromatic rings. The van der Waals surface area contributed by atoms with Crippen LogP contribution in [0.3, 0.4) is 0 Å². The molecule has 0 saturated heterocycles. The van der Waals surface area contributed by atoms with E-state index in [2.05, 4.69) is 23.9 Å². The predicted molar refractivity (Wildman–Crippen MR) is 76.7 cm³/mol. The van der Waals surface area contributed by atoms with Gasteiger partial charge >= 0.3 is 0 Å². The van der Waals surface area contributed by atoms with Crippen LogP contribution in [-0.2, 0) is 6.54 Å². The van der Waals surface area contributed by atoms with Crippen LogP contribution in [0.4, 0.5) is 5.82 Å². The van der Waals surface area contributed by atoms with Gasteiger partial charge in [-0.1, -0.05) is 19.3 Å².